The quantitative estimate of drug-likeness (QED) is 0.114. The number of allylic oxidation sites excluding steroid dienone is 1. The molecule has 4 aromatic carbocycles. The Morgan fingerprint density at radius 3 is 2.24 bits per heavy atom. The first-order chi connectivity index (χ1) is 24.8. The lowest BCUT2D eigenvalue weighted by atomic mass is 9.69. The first kappa shape index (κ1) is 34.3. The van der Waals surface area contributed by atoms with Crippen LogP contribution in [0.25, 0.3) is 6.08 Å². The number of hydrogen-bond donors (Lipinski definition) is 2. The summed E-state index contributed by atoms with van der Waals surface area (Å²) in [5.74, 6) is -0.278. The molecule has 0 radical (unpaired) electrons. The second-order valence-corrected chi connectivity index (χ2v) is 14.1. The van der Waals surface area contributed by atoms with Crippen LogP contribution in [0.3, 0.4) is 0 Å². The highest BCUT2D eigenvalue weighted by atomic mass is 16.5. The molecule has 2 aliphatic heterocycles. The molecule has 262 valence electrons. The van der Waals surface area contributed by atoms with E-state index in [0.29, 0.717) is 31.1 Å². The molecule has 3 aliphatic rings. The molecule has 2 N–H and O–H groups in total. The fraction of sp³-hybridized carbons (Fsp3) is 0.318. The third-order valence-electron chi connectivity index (χ3n) is 10.5. The Labute approximate surface area is 300 Å². The first-order valence-corrected chi connectivity index (χ1v) is 18.1. The lowest BCUT2D eigenvalue weighted by Crippen LogP contribution is -2.35. The molecule has 7 heteroatoms. The van der Waals surface area contributed by atoms with Gasteiger partial charge in [-0.2, -0.15) is 0 Å². The van der Waals surface area contributed by atoms with Crippen molar-refractivity contribution < 1.29 is 24.2 Å². The smallest absolute Gasteiger partial charge is 0.238 e. The fourth-order valence-corrected chi connectivity index (χ4v) is 8.14. The van der Waals surface area contributed by atoms with Crippen LogP contribution < -0.4 is 15.0 Å². The molecule has 0 saturated carbocycles. The molecule has 0 unspecified atom stereocenters. The van der Waals surface area contributed by atoms with Crippen LogP contribution in [-0.2, 0) is 14.3 Å². The highest BCUT2D eigenvalue weighted by Crippen LogP contribution is 2.51. The number of phenols is 1. The number of carbonyl (C=O) groups excluding carboxylic acids is 2. The largest absolute Gasteiger partial charge is 0.507 e. The van der Waals surface area contributed by atoms with Gasteiger partial charge in [0.25, 0.3) is 0 Å². The number of phenolic OH excluding ortho intramolecular Hbond substituents is 1. The van der Waals surface area contributed by atoms with Crippen molar-refractivity contribution in [1.29, 1.82) is 0 Å². The predicted molar refractivity (Wildman–Crippen MR) is 202 cm³/mol. The summed E-state index contributed by atoms with van der Waals surface area (Å²) in [4.78, 5) is 29.8. The number of fused-ring (bicyclic) bond motifs is 3. The summed E-state index contributed by atoms with van der Waals surface area (Å²) >= 11 is 0. The maximum Gasteiger partial charge on any atom is 0.238 e. The average Bonchev–Trinajstić information content (AvgIpc) is 3.67. The third-order valence-corrected chi connectivity index (χ3v) is 10.5. The molecule has 0 aromatic heterocycles. The van der Waals surface area contributed by atoms with Crippen molar-refractivity contribution in [2.45, 2.75) is 59.0 Å². The summed E-state index contributed by atoms with van der Waals surface area (Å²) in [5, 5.41) is 13.7. The summed E-state index contributed by atoms with van der Waals surface area (Å²) in [6.07, 6.45) is 6.17. The van der Waals surface area contributed by atoms with Crippen LogP contribution in [0.2, 0.25) is 0 Å². The zero-order chi connectivity index (χ0) is 35.5. The topological polar surface area (TPSA) is 88.1 Å². The number of hydrogen-bond acceptors (Lipinski definition) is 6. The molecule has 2 amide bonds. The zero-order valence-corrected chi connectivity index (χ0v) is 29.6. The van der Waals surface area contributed by atoms with Gasteiger partial charge in [0.15, 0.2) is 0 Å². The van der Waals surface area contributed by atoms with E-state index in [4.69, 9.17) is 9.47 Å². The Balaban J connectivity index is 1.14. The Morgan fingerprint density at radius 1 is 0.882 bits per heavy atom. The van der Waals surface area contributed by atoms with Crippen LogP contribution in [-0.4, -0.2) is 36.2 Å². The predicted octanol–water partition coefficient (Wildman–Crippen LogP) is 9.32. The highest BCUT2D eigenvalue weighted by molar-refractivity contribution is 6.22. The number of carbonyl (C=O) groups is 2. The third kappa shape index (κ3) is 7.22. The van der Waals surface area contributed by atoms with Crippen molar-refractivity contribution in [3.63, 3.8) is 0 Å². The summed E-state index contributed by atoms with van der Waals surface area (Å²) in [6.45, 7) is 6.81. The van der Waals surface area contributed by atoms with E-state index < -0.39 is 11.8 Å². The molecule has 7 rings (SSSR count). The van der Waals surface area contributed by atoms with Crippen LogP contribution in [0, 0.1) is 31.6 Å². The van der Waals surface area contributed by atoms with Crippen molar-refractivity contribution in [3.05, 3.63) is 130 Å². The molecule has 0 bridgehead atoms. The molecular weight excluding hydrogens is 636 g/mol. The number of aryl methyl sites for hydroxylation is 2. The van der Waals surface area contributed by atoms with Crippen LogP contribution in [0.5, 0.6) is 11.5 Å². The van der Waals surface area contributed by atoms with E-state index in [0.717, 1.165) is 70.6 Å². The van der Waals surface area contributed by atoms with E-state index in [2.05, 4.69) is 18.3 Å². The van der Waals surface area contributed by atoms with Gasteiger partial charge in [-0.05, 0) is 128 Å². The van der Waals surface area contributed by atoms with E-state index in [-0.39, 0.29) is 23.8 Å². The van der Waals surface area contributed by atoms with Gasteiger partial charge in [0.1, 0.15) is 18.1 Å². The van der Waals surface area contributed by atoms with Crippen LogP contribution >= 0.6 is 0 Å². The van der Waals surface area contributed by atoms with E-state index in [1.165, 1.54) is 10.5 Å². The van der Waals surface area contributed by atoms with Gasteiger partial charge >= 0.3 is 0 Å². The number of benzene rings is 4. The minimum atomic E-state index is -0.464. The number of ether oxygens (including phenoxy) is 2. The molecule has 2 fully saturated rings. The number of amides is 2. The molecule has 7 nitrogen and oxygen atoms in total. The number of rotatable bonds is 12. The van der Waals surface area contributed by atoms with Crippen molar-refractivity contribution in [2.24, 2.45) is 17.8 Å². The SMILES string of the molecule is CCC/C(=C\c1cc(C)c(O)c(C)c1)CC[C@H]1OC[C@H]2C1=C(COc1ccccc1)C[C@H]1C(=O)N(c3ccc(Nc4ccccc4)cc3)C(=O)[C@H]12. The van der Waals surface area contributed by atoms with Crippen LogP contribution in [0.4, 0.5) is 17.1 Å². The maximum atomic E-state index is 14.2. The summed E-state index contributed by atoms with van der Waals surface area (Å²) < 4.78 is 12.9. The zero-order valence-electron chi connectivity index (χ0n) is 29.6. The molecule has 2 saturated heterocycles. The molecule has 51 heavy (non-hydrogen) atoms. The average molecular weight is 683 g/mol. The van der Waals surface area contributed by atoms with Gasteiger partial charge in [-0.1, -0.05) is 61.4 Å². The number of nitrogens with zero attached hydrogens (tertiary/aromatic N) is 1. The molecule has 1 aliphatic carbocycles. The van der Waals surface area contributed by atoms with Gasteiger partial charge < -0.3 is 19.9 Å². The Bertz CT molecular complexity index is 1930. The summed E-state index contributed by atoms with van der Waals surface area (Å²) in [5.41, 5.74) is 8.81. The molecule has 4 aromatic rings. The second-order valence-electron chi connectivity index (χ2n) is 14.1. The molecule has 4 atom stereocenters. The van der Waals surface area contributed by atoms with Crippen molar-refractivity contribution >= 4 is 35.0 Å². The van der Waals surface area contributed by atoms with Crippen LogP contribution in [0.15, 0.2) is 114 Å². The maximum absolute atomic E-state index is 14.2. The second kappa shape index (κ2) is 15.0. The van der Waals surface area contributed by atoms with Gasteiger partial charge in [-0.3, -0.25) is 14.5 Å². The normalized spacial score (nSPS) is 21.5. The van der Waals surface area contributed by atoms with Crippen LogP contribution in [0.1, 0.15) is 55.7 Å². The number of imide groups is 1. The van der Waals surface area contributed by atoms with Gasteiger partial charge in [-0.15, -0.1) is 0 Å². The summed E-state index contributed by atoms with van der Waals surface area (Å²) in [6, 6.07) is 31.2. The minimum Gasteiger partial charge on any atom is -0.507 e. The Kier molecular flexibility index (Phi) is 10.1. The molecule has 0 spiro atoms. The van der Waals surface area contributed by atoms with Gasteiger partial charge in [0.05, 0.1) is 30.2 Å². The lowest BCUT2D eigenvalue weighted by molar-refractivity contribution is -0.122. The first-order valence-electron chi connectivity index (χ1n) is 18.1. The molecular formula is C44H46N2O5. The van der Waals surface area contributed by atoms with E-state index >= 15 is 0 Å². The van der Waals surface area contributed by atoms with Gasteiger partial charge in [-0.25, -0.2) is 0 Å². The fourth-order valence-electron chi connectivity index (χ4n) is 8.14. The number of aromatic hydroxyl groups is 1. The standard InChI is InChI=1S/C44H46N2O5/c1-4-11-30(24-31-22-28(2)42(47)29(3)23-31)16-21-39-40-32(26-50-36-14-9-6-10-15-36)25-37-41(38(40)27-51-39)44(49)46(43(37)48)35-19-17-34(18-20-35)45-33-12-7-5-8-13-33/h5-10,12-15,17-20,22-24,37-39,41,45,47H,4,11,16,21,25-27H2,1-3H3/b30-24+/t37-,38+,39-,41-/m1/s1. The number of para-hydroxylation sites is 2. The van der Waals surface area contributed by atoms with E-state index in [9.17, 15) is 14.7 Å². The Hall–Kier alpha value is -5.14. The number of nitrogens with one attached hydrogen (secondary N) is 1. The molecule has 2 heterocycles. The monoisotopic (exact) mass is 682 g/mol. The lowest BCUT2D eigenvalue weighted by Gasteiger charge is -2.31. The van der Waals surface area contributed by atoms with Crippen molar-refractivity contribution in [3.8, 4) is 11.5 Å². The highest BCUT2D eigenvalue weighted by Gasteiger charge is 2.57. The van der Waals surface area contributed by atoms with Crippen molar-refractivity contribution in [1.82, 2.24) is 0 Å². The van der Waals surface area contributed by atoms with E-state index in [1.54, 1.807) is 0 Å². The number of anilines is 3. The Morgan fingerprint density at radius 2 is 1.55 bits per heavy atom. The minimum absolute atomic E-state index is 0.145. The van der Waals surface area contributed by atoms with E-state index in [1.807, 2.05) is 111 Å². The van der Waals surface area contributed by atoms with Gasteiger partial charge in [0, 0.05) is 17.3 Å². The van der Waals surface area contributed by atoms with Crippen molar-refractivity contribution in [2.75, 3.05) is 23.4 Å². The summed E-state index contributed by atoms with van der Waals surface area (Å²) in [7, 11) is 0. The van der Waals surface area contributed by atoms with Gasteiger partial charge in [0.2, 0.25) is 11.8 Å².